The van der Waals surface area contributed by atoms with Crippen LogP contribution in [0, 0.1) is 10.7 Å². The first-order valence-corrected chi connectivity index (χ1v) is 6.63. The lowest BCUT2D eigenvalue weighted by atomic mass is 9.99. The Morgan fingerprint density at radius 2 is 2.35 bits per heavy atom. The van der Waals surface area contributed by atoms with Crippen LogP contribution in [-0.4, -0.2) is 27.2 Å². The molecule has 2 heterocycles. The van der Waals surface area contributed by atoms with Crippen LogP contribution < -0.4 is 4.90 Å². The highest BCUT2D eigenvalue weighted by Crippen LogP contribution is 2.42. The van der Waals surface area contributed by atoms with Crippen molar-refractivity contribution in [1.29, 1.82) is 0 Å². The summed E-state index contributed by atoms with van der Waals surface area (Å²) in [5.74, 6) is 1.05. The van der Waals surface area contributed by atoms with E-state index in [1.54, 1.807) is 4.90 Å². The second kappa shape index (κ2) is 3.94. The van der Waals surface area contributed by atoms with E-state index in [-0.39, 0.29) is 17.9 Å². The Morgan fingerprint density at radius 1 is 1.53 bits per heavy atom. The van der Waals surface area contributed by atoms with Crippen LogP contribution in [0.25, 0.3) is 0 Å². The molecule has 0 aromatic carbocycles. The number of fused-ring (bicyclic) bond motifs is 3. The molecule has 1 aliphatic carbocycles. The quantitative estimate of drug-likeness (QED) is 0.819. The number of nitrogens with one attached hydrogen (secondary N) is 1. The van der Waals surface area contributed by atoms with E-state index in [1.165, 1.54) is 0 Å². The lowest BCUT2D eigenvalue weighted by molar-refractivity contribution is -0.124. The maximum atomic E-state index is 12.4. The molecule has 0 radical (unpaired) electrons. The minimum atomic E-state index is 0.110. The summed E-state index contributed by atoms with van der Waals surface area (Å²) in [7, 11) is 0. The standard InChI is InChI=1S/C11H16N4OS/c1-2-6-14-9(16)7-4-3-5-8(7)15-10(14)12-13-11(15)17/h7-8H,2-6H2,1H3,(H,13,17). The van der Waals surface area contributed by atoms with Gasteiger partial charge in [-0.05, 0) is 31.5 Å². The maximum absolute atomic E-state index is 12.4. The van der Waals surface area contributed by atoms with Gasteiger partial charge in [-0.2, -0.15) is 0 Å². The molecule has 0 bridgehead atoms. The molecule has 1 N–H and O–H groups in total. The van der Waals surface area contributed by atoms with Gasteiger partial charge in [0.25, 0.3) is 0 Å². The van der Waals surface area contributed by atoms with Crippen molar-refractivity contribution in [3.63, 3.8) is 0 Å². The minimum Gasteiger partial charge on any atom is -0.282 e. The molecule has 1 aromatic rings. The average molecular weight is 252 g/mol. The zero-order valence-corrected chi connectivity index (χ0v) is 10.7. The lowest BCUT2D eigenvalue weighted by Crippen LogP contribution is -2.45. The normalized spacial score (nSPS) is 27.1. The van der Waals surface area contributed by atoms with Gasteiger partial charge in [0.1, 0.15) is 0 Å². The van der Waals surface area contributed by atoms with Gasteiger partial charge in [0, 0.05) is 6.54 Å². The molecule has 2 atom stereocenters. The van der Waals surface area contributed by atoms with Gasteiger partial charge in [-0.25, -0.2) is 5.10 Å². The van der Waals surface area contributed by atoms with Crippen LogP contribution >= 0.6 is 12.2 Å². The van der Waals surface area contributed by atoms with Crippen LogP contribution in [0.4, 0.5) is 5.95 Å². The summed E-state index contributed by atoms with van der Waals surface area (Å²) in [6.45, 7) is 2.79. The number of amides is 1. The predicted octanol–water partition coefficient (Wildman–Crippen LogP) is 2.04. The number of aromatic amines is 1. The molecule has 17 heavy (non-hydrogen) atoms. The fourth-order valence-corrected chi connectivity index (χ4v) is 3.32. The highest BCUT2D eigenvalue weighted by atomic mass is 32.1. The van der Waals surface area contributed by atoms with Crippen LogP contribution in [-0.2, 0) is 4.79 Å². The third-order valence-corrected chi connectivity index (χ3v) is 4.06. The minimum absolute atomic E-state index is 0.110. The molecule has 1 fully saturated rings. The van der Waals surface area contributed by atoms with E-state index >= 15 is 0 Å². The number of rotatable bonds is 2. The Morgan fingerprint density at radius 3 is 3.12 bits per heavy atom. The van der Waals surface area contributed by atoms with E-state index in [4.69, 9.17) is 12.2 Å². The van der Waals surface area contributed by atoms with E-state index < -0.39 is 0 Å². The number of H-pyrrole nitrogens is 1. The molecule has 0 saturated heterocycles. The van der Waals surface area contributed by atoms with Gasteiger partial charge in [0.05, 0.1) is 12.0 Å². The first-order chi connectivity index (χ1) is 8.24. The molecule has 3 rings (SSSR count). The Kier molecular flexibility index (Phi) is 2.54. The Bertz CT molecular complexity index is 506. The van der Waals surface area contributed by atoms with Gasteiger partial charge in [0.2, 0.25) is 11.9 Å². The average Bonchev–Trinajstić information content (AvgIpc) is 2.90. The molecule has 2 aliphatic rings. The molecule has 1 amide bonds. The first-order valence-electron chi connectivity index (χ1n) is 6.22. The molecule has 1 saturated carbocycles. The highest BCUT2D eigenvalue weighted by Gasteiger charge is 2.43. The smallest absolute Gasteiger partial charge is 0.234 e. The van der Waals surface area contributed by atoms with Gasteiger partial charge in [0.15, 0.2) is 4.77 Å². The number of carbonyl (C=O) groups excluding carboxylic acids is 1. The van der Waals surface area contributed by atoms with Crippen LogP contribution in [0.1, 0.15) is 38.6 Å². The summed E-state index contributed by atoms with van der Waals surface area (Å²) in [5, 5.41) is 7.04. The molecular weight excluding hydrogens is 236 g/mol. The summed E-state index contributed by atoms with van der Waals surface area (Å²) >= 11 is 5.28. The number of aromatic nitrogens is 3. The largest absolute Gasteiger partial charge is 0.282 e. The Balaban J connectivity index is 2.12. The first kappa shape index (κ1) is 11.0. The van der Waals surface area contributed by atoms with Gasteiger partial charge < -0.3 is 0 Å². The Labute approximate surface area is 105 Å². The molecule has 1 aromatic heterocycles. The topological polar surface area (TPSA) is 53.9 Å². The maximum Gasteiger partial charge on any atom is 0.234 e. The number of nitrogens with zero attached hydrogens (tertiary/aromatic N) is 3. The molecule has 0 spiro atoms. The molecule has 6 heteroatoms. The number of anilines is 1. The van der Waals surface area contributed by atoms with Crippen molar-refractivity contribution in [3.05, 3.63) is 4.77 Å². The van der Waals surface area contributed by atoms with Crippen molar-refractivity contribution >= 4 is 24.1 Å². The van der Waals surface area contributed by atoms with Crippen molar-refractivity contribution in [2.24, 2.45) is 5.92 Å². The van der Waals surface area contributed by atoms with Crippen LogP contribution in [0.3, 0.4) is 0 Å². The van der Waals surface area contributed by atoms with Crippen molar-refractivity contribution in [3.8, 4) is 0 Å². The van der Waals surface area contributed by atoms with Crippen LogP contribution in [0.15, 0.2) is 0 Å². The zero-order valence-electron chi connectivity index (χ0n) is 9.85. The van der Waals surface area contributed by atoms with Crippen molar-refractivity contribution in [1.82, 2.24) is 14.8 Å². The van der Waals surface area contributed by atoms with Crippen LogP contribution in [0.2, 0.25) is 0 Å². The molecular formula is C11H16N4OS. The van der Waals surface area contributed by atoms with Crippen LogP contribution in [0.5, 0.6) is 0 Å². The zero-order chi connectivity index (χ0) is 12.0. The summed E-state index contributed by atoms with van der Waals surface area (Å²) < 4.78 is 2.69. The van der Waals surface area contributed by atoms with Gasteiger partial charge in [-0.3, -0.25) is 14.3 Å². The van der Waals surface area contributed by atoms with Crippen molar-refractivity contribution in [2.45, 2.75) is 38.6 Å². The molecule has 1 aliphatic heterocycles. The third kappa shape index (κ3) is 1.46. The number of hydrogen-bond donors (Lipinski definition) is 1. The molecule has 5 nitrogen and oxygen atoms in total. The fourth-order valence-electron chi connectivity index (χ4n) is 3.06. The number of hydrogen-bond acceptors (Lipinski definition) is 3. The monoisotopic (exact) mass is 252 g/mol. The van der Waals surface area contributed by atoms with Crippen molar-refractivity contribution in [2.75, 3.05) is 11.4 Å². The van der Waals surface area contributed by atoms with Gasteiger partial charge in [-0.1, -0.05) is 13.3 Å². The highest BCUT2D eigenvalue weighted by molar-refractivity contribution is 7.71. The summed E-state index contributed by atoms with van der Waals surface area (Å²) in [6.07, 6.45) is 4.06. The predicted molar refractivity (Wildman–Crippen MR) is 66.4 cm³/mol. The van der Waals surface area contributed by atoms with E-state index in [0.29, 0.717) is 10.7 Å². The molecule has 92 valence electrons. The second-order valence-corrected chi connectivity index (χ2v) is 5.18. The summed E-state index contributed by atoms with van der Waals surface area (Å²) in [6, 6.07) is 0.233. The van der Waals surface area contributed by atoms with E-state index in [1.807, 2.05) is 4.57 Å². The van der Waals surface area contributed by atoms with E-state index in [2.05, 4.69) is 17.1 Å². The number of carbonyl (C=O) groups is 1. The van der Waals surface area contributed by atoms with Crippen molar-refractivity contribution < 1.29 is 4.79 Å². The Hall–Kier alpha value is -1.17. The second-order valence-electron chi connectivity index (χ2n) is 4.79. The summed E-state index contributed by atoms with van der Waals surface area (Å²) in [5.41, 5.74) is 0. The fraction of sp³-hybridized carbons (Fsp3) is 0.727. The van der Waals surface area contributed by atoms with Gasteiger partial charge >= 0.3 is 0 Å². The van der Waals surface area contributed by atoms with E-state index in [0.717, 1.165) is 32.2 Å². The molecule has 2 unspecified atom stereocenters. The lowest BCUT2D eigenvalue weighted by Gasteiger charge is -2.34. The SMILES string of the molecule is CCCN1C(=O)C2CCCC2n2c1n[nH]c2=S. The van der Waals surface area contributed by atoms with Gasteiger partial charge in [-0.15, -0.1) is 5.10 Å². The summed E-state index contributed by atoms with van der Waals surface area (Å²) in [4.78, 5) is 14.2. The third-order valence-electron chi connectivity index (χ3n) is 3.77. The van der Waals surface area contributed by atoms with E-state index in [9.17, 15) is 4.79 Å².